The van der Waals surface area contributed by atoms with Gasteiger partial charge in [-0.25, -0.2) is 0 Å². The Bertz CT molecular complexity index is 490. The molecule has 0 radical (unpaired) electrons. The van der Waals surface area contributed by atoms with Crippen molar-refractivity contribution in [3.63, 3.8) is 0 Å². The fourth-order valence-corrected chi connectivity index (χ4v) is 4.64. The van der Waals surface area contributed by atoms with Crippen LogP contribution in [0.4, 0.5) is 0 Å². The maximum atomic E-state index is 12.5. The number of ketones is 1. The van der Waals surface area contributed by atoms with Crippen molar-refractivity contribution < 1.29 is 4.79 Å². The molecule has 3 nitrogen and oxygen atoms in total. The van der Waals surface area contributed by atoms with E-state index in [2.05, 4.69) is 9.80 Å². The van der Waals surface area contributed by atoms with Crippen LogP contribution in [0.1, 0.15) is 42.3 Å². The van der Waals surface area contributed by atoms with E-state index >= 15 is 0 Å². The largest absolute Gasteiger partial charge is 0.298 e. The molecule has 1 atom stereocenters. The predicted octanol–water partition coefficient (Wildman–Crippen LogP) is 3.53. The van der Waals surface area contributed by atoms with Gasteiger partial charge in [0.2, 0.25) is 0 Å². The van der Waals surface area contributed by atoms with Crippen LogP contribution >= 0.6 is 22.9 Å². The fourth-order valence-electron chi connectivity index (χ4n) is 3.58. The zero-order chi connectivity index (χ0) is 14.8. The van der Waals surface area contributed by atoms with E-state index in [0.717, 1.165) is 37.1 Å². The first-order valence-electron chi connectivity index (χ1n) is 7.93. The lowest BCUT2D eigenvalue weighted by molar-refractivity contribution is 0.0606. The van der Waals surface area contributed by atoms with E-state index in [9.17, 15) is 4.79 Å². The van der Waals surface area contributed by atoms with Crippen molar-refractivity contribution in [3.8, 4) is 0 Å². The van der Waals surface area contributed by atoms with Crippen LogP contribution in [-0.4, -0.2) is 53.8 Å². The Morgan fingerprint density at radius 1 is 1.24 bits per heavy atom. The number of nitrogens with zero attached hydrogens (tertiary/aromatic N) is 2. The van der Waals surface area contributed by atoms with Gasteiger partial charge in [-0.15, -0.1) is 11.3 Å². The van der Waals surface area contributed by atoms with Crippen molar-refractivity contribution in [1.82, 2.24) is 9.80 Å². The Morgan fingerprint density at radius 3 is 2.48 bits per heavy atom. The summed E-state index contributed by atoms with van der Waals surface area (Å²) in [5, 5.41) is 0. The van der Waals surface area contributed by atoms with E-state index in [1.165, 1.54) is 37.0 Å². The van der Waals surface area contributed by atoms with E-state index in [4.69, 9.17) is 11.6 Å². The standard InChI is InChI=1S/C16H23ClN2OS/c1-12(16(20)14-6-7-15(17)21-14)18-8-10-19(11-9-18)13-4-2-3-5-13/h6-7,12-13H,2-5,8-11H2,1H3. The monoisotopic (exact) mass is 326 g/mol. The van der Waals surface area contributed by atoms with Crippen LogP contribution in [0.2, 0.25) is 4.34 Å². The van der Waals surface area contributed by atoms with Gasteiger partial charge in [-0.3, -0.25) is 14.6 Å². The van der Waals surface area contributed by atoms with Crippen molar-refractivity contribution >= 4 is 28.7 Å². The number of hydrogen-bond acceptors (Lipinski definition) is 4. The lowest BCUT2D eigenvalue weighted by atomic mass is 10.1. The number of piperazine rings is 1. The summed E-state index contributed by atoms with van der Waals surface area (Å²) in [4.78, 5) is 18.2. The van der Waals surface area contributed by atoms with Crippen LogP contribution in [0.25, 0.3) is 0 Å². The normalized spacial score (nSPS) is 23.5. The second-order valence-corrected chi connectivity index (χ2v) is 7.87. The Labute approximate surface area is 135 Å². The smallest absolute Gasteiger partial charge is 0.189 e. The number of hydrogen-bond donors (Lipinski definition) is 0. The molecule has 0 N–H and O–H groups in total. The molecule has 1 aliphatic carbocycles. The summed E-state index contributed by atoms with van der Waals surface area (Å²) in [5.74, 6) is 0.209. The molecular weight excluding hydrogens is 304 g/mol. The molecule has 1 aromatic heterocycles. The molecule has 116 valence electrons. The summed E-state index contributed by atoms with van der Waals surface area (Å²) in [5.41, 5.74) is 0. The third-order valence-electron chi connectivity index (χ3n) is 4.93. The molecule has 1 unspecified atom stereocenters. The van der Waals surface area contributed by atoms with Gasteiger partial charge in [0, 0.05) is 32.2 Å². The van der Waals surface area contributed by atoms with E-state index < -0.39 is 0 Å². The first kappa shape index (κ1) is 15.5. The number of halogens is 1. The predicted molar refractivity (Wildman–Crippen MR) is 88.5 cm³/mol. The maximum Gasteiger partial charge on any atom is 0.189 e. The van der Waals surface area contributed by atoms with Crippen LogP contribution in [0.3, 0.4) is 0 Å². The van der Waals surface area contributed by atoms with Gasteiger partial charge in [0.1, 0.15) is 0 Å². The van der Waals surface area contributed by atoms with Gasteiger partial charge < -0.3 is 0 Å². The summed E-state index contributed by atoms with van der Waals surface area (Å²) >= 11 is 7.32. The zero-order valence-corrected chi connectivity index (χ0v) is 14.1. The number of thiophene rings is 1. The highest BCUT2D eigenvalue weighted by Gasteiger charge is 2.30. The van der Waals surface area contributed by atoms with Crippen LogP contribution in [0.15, 0.2) is 12.1 Å². The SMILES string of the molecule is CC(C(=O)c1ccc(Cl)s1)N1CCN(C2CCCC2)CC1. The molecule has 2 fully saturated rings. The Hall–Kier alpha value is -0.420. The molecule has 3 rings (SSSR count). The fraction of sp³-hybridized carbons (Fsp3) is 0.688. The number of carbonyl (C=O) groups excluding carboxylic acids is 1. The molecule has 21 heavy (non-hydrogen) atoms. The van der Waals surface area contributed by atoms with Crippen LogP contribution in [0.5, 0.6) is 0 Å². The summed E-state index contributed by atoms with van der Waals surface area (Å²) in [6, 6.07) is 4.42. The van der Waals surface area contributed by atoms with Gasteiger partial charge >= 0.3 is 0 Å². The quantitative estimate of drug-likeness (QED) is 0.791. The highest BCUT2D eigenvalue weighted by molar-refractivity contribution is 7.18. The van der Waals surface area contributed by atoms with Crippen molar-refractivity contribution in [1.29, 1.82) is 0 Å². The van der Waals surface area contributed by atoms with Gasteiger partial charge in [0.15, 0.2) is 5.78 Å². The molecular formula is C16H23ClN2OS. The molecule has 0 bridgehead atoms. The first-order chi connectivity index (χ1) is 10.1. The first-order valence-corrected chi connectivity index (χ1v) is 9.12. The highest BCUT2D eigenvalue weighted by atomic mass is 35.5. The summed E-state index contributed by atoms with van der Waals surface area (Å²) in [7, 11) is 0. The number of rotatable bonds is 4. The number of carbonyl (C=O) groups is 1. The minimum atomic E-state index is -0.0366. The zero-order valence-electron chi connectivity index (χ0n) is 12.6. The van der Waals surface area contributed by atoms with Crippen molar-refractivity contribution in [3.05, 3.63) is 21.3 Å². The van der Waals surface area contributed by atoms with E-state index in [1.807, 2.05) is 19.1 Å². The molecule has 5 heteroatoms. The highest BCUT2D eigenvalue weighted by Crippen LogP contribution is 2.26. The lowest BCUT2D eigenvalue weighted by Crippen LogP contribution is -2.53. The average molecular weight is 327 g/mol. The minimum Gasteiger partial charge on any atom is -0.298 e. The summed E-state index contributed by atoms with van der Waals surface area (Å²) in [6.45, 7) is 6.24. The van der Waals surface area contributed by atoms with Crippen molar-refractivity contribution in [2.45, 2.75) is 44.7 Å². The van der Waals surface area contributed by atoms with E-state index in [-0.39, 0.29) is 11.8 Å². The second kappa shape index (κ2) is 6.78. The Morgan fingerprint density at radius 2 is 1.90 bits per heavy atom. The van der Waals surface area contributed by atoms with Crippen molar-refractivity contribution in [2.24, 2.45) is 0 Å². The third-order valence-corrected chi connectivity index (χ3v) is 6.18. The maximum absolute atomic E-state index is 12.5. The summed E-state index contributed by atoms with van der Waals surface area (Å²) in [6.07, 6.45) is 5.50. The minimum absolute atomic E-state index is 0.0366. The molecule has 1 saturated carbocycles. The average Bonchev–Trinajstić information content (AvgIpc) is 3.17. The molecule has 2 aliphatic rings. The molecule has 0 aromatic carbocycles. The Balaban J connectivity index is 1.54. The Kier molecular flexibility index (Phi) is 4.99. The molecule has 1 aromatic rings. The number of Topliss-reactive ketones (excluding diaryl/α,β-unsaturated/α-hetero) is 1. The molecule has 2 heterocycles. The molecule has 1 aliphatic heterocycles. The van der Waals surface area contributed by atoms with Crippen LogP contribution in [-0.2, 0) is 0 Å². The van der Waals surface area contributed by atoms with Gasteiger partial charge in [-0.2, -0.15) is 0 Å². The van der Waals surface area contributed by atoms with Crippen molar-refractivity contribution in [2.75, 3.05) is 26.2 Å². The second-order valence-electron chi connectivity index (χ2n) is 6.15. The third kappa shape index (κ3) is 3.50. The van der Waals surface area contributed by atoms with E-state index in [0.29, 0.717) is 4.34 Å². The van der Waals surface area contributed by atoms with Crippen LogP contribution in [0, 0.1) is 0 Å². The van der Waals surface area contributed by atoms with Gasteiger partial charge in [0.05, 0.1) is 15.3 Å². The topological polar surface area (TPSA) is 23.6 Å². The van der Waals surface area contributed by atoms with Gasteiger partial charge in [0.25, 0.3) is 0 Å². The molecule has 0 amide bonds. The molecule has 0 spiro atoms. The molecule has 1 saturated heterocycles. The summed E-state index contributed by atoms with van der Waals surface area (Å²) < 4.78 is 0.691. The van der Waals surface area contributed by atoms with Gasteiger partial charge in [-0.05, 0) is 31.9 Å². The van der Waals surface area contributed by atoms with Crippen LogP contribution < -0.4 is 0 Å². The lowest BCUT2D eigenvalue weighted by Gasteiger charge is -2.40. The van der Waals surface area contributed by atoms with E-state index in [1.54, 1.807) is 0 Å². The van der Waals surface area contributed by atoms with Gasteiger partial charge in [-0.1, -0.05) is 24.4 Å².